The van der Waals surface area contributed by atoms with Crippen molar-refractivity contribution < 1.29 is 23.9 Å². The van der Waals surface area contributed by atoms with Gasteiger partial charge in [0, 0.05) is 24.2 Å². The van der Waals surface area contributed by atoms with Gasteiger partial charge in [-0.25, -0.2) is 0 Å². The number of Topliss-reactive ketones (excluding diaryl/α,β-unsaturated/α-hetero) is 1. The molecule has 0 aliphatic heterocycles. The Labute approximate surface area is 164 Å². The van der Waals surface area contributed by atoms with Gasteiger partial charge >= 0.3 is 11.9 Å². The number of rotatable bonds is 4. The molecule has 0 aromatic heterocycles. The fraction of sp³-hybridized carbons (Fsp3) is 0.348. The highest BCUT2D eigenvalue weighted by Gasteiger charge is 2.65. The second-order valence-electron chi connectivity index (χ2n) is 7.16. The van der Waals surface area contributed by atoms with E-state index >= 15 is 0 Å². The zero-order chi connectivity index (χ0) is 20.3. The predicted molar refractivity (Wildman–Crippen MR) is 104 cm³/mol. The summed E-state index contributed by atoms with van der Waals surface area (Å²) in [6.45, 7) is 1.77. The van der Waals surface area contributed by atoms with E-state index in [0.717, 1.165) is 11.1 Å². The maximum Gasteiger partial charge on any atom is 0.324 e. The monoisotopic (exact) mass is 380 g/mol. The summed E-state index contributed by atoms with van der Waals surface area (Å²) in [6, 6.07) is 18.4. The number of hydrogen-bond acceptors (Lipinski definition) is 5. The van der Waals surface area contributed by atoms with Crippen LogP contribution in [0.4, 0.5) is 0 Å². The van der Waals surface area contributed by atoms with E-state index in [4.69, 9.17) is 9.47 Å². The highest BCUT2D eigenvalue weighted by atomic mass is 16.5. The van der Waals surface area contributed by atoms with Crippen LogP contribution >= 0.6 is 0 Å². The summed E-state index contributed by atoms with van der Waals surface area (Å²) in [5, 5.41) is 0. The van der Waals surface area contributed by atoms with Crippen LogP contribution in [0, 0.1) is 11.3 Å². The van der Waals surface area contributed by atoms with E-state index in [1.165, 1.54) is 14.2 Å². The van der Waals surface area contributed by atoms with Crippen LogP contribution < -0.4 is 0 Å². The Hall–Kier alpha value is -2.95. The van der Waals surface area contributed by atoms with E-state index in [1.807, 2.05) is 60.7 Å². The molecule has 1 saturated carbocycles. The van der Waals surface area contributed by atoms with E-state index in [1.54, 1.807) is 6.92 Å². The Morgan fingerprint density at radius 3 is 1.79 bits per heavy atom. The van der Waals surface area contributed by atoms with Crippen LogP contribution in [0.2, 0.25) is 0 Å². The van der Waals surface area contributed by atoms with E-state index in [9.17, 15) is 14.4 Å². The molecule has 5 heteroatoms. The largest absolute Gasteiger partial charge is 0.468 e. The van der Waals surface area contributed by atoms with Gasteiger partial charge < -0.3 is 9.47 Å². The molecule has 0 saturated heterocycles. The van der Waals surface area contributed by atoms with Crippen molar-refractivity contribution in [1.82, 2.24) is 0 Å². The third-order valence-corrected chi connectivity index (χ3v) is 5.86. The van der Waals surface area contributed by atoms with E-state index in [-0.39, 0.29) is 12.2 Å². The van der Waals surface area contributed by atoms with Crippen molar-refractivity contribution in [1.29, 1.82) is 0 Å². The van der Waals surface area contributed by atoms with Gasteiger partial charge in [-0.2, -0.15) is 0 Å². The van der Waals surface area contributed by atoms with Crippen molar-refractivity contribution in [2.75, 3.05) is 14.2 Å². The molecule has 3 atom stereocenters. The van der Waals surface area contributed by atoms with Gasteiger partial charge in [0.1, 0.15) is 5.78 Å². The van der Waals surface area contributed by atoms with Crippen molar-refractivity contribution in [2.45, 2.75) is 25.2 Å². The topological polar surface area (TPSA) is 69.7 Å². The molecule has 0 spiro atoms. The van der Waals surface area contributed by atoms with Crippen LogP contribution in [0.5, 0.6) is 0 Å². The summed E-state index contributed by atoms with van der Waals surface area (Å²) in [7, 11) is 2.52. The van der Waals surface area contributed by atoms with E-state index in [0.29, 0.717) is 0 Å². The number of benzene rings is 2. The van der Waals surface area contributed by atoms with Gasteiger partial charge in [0.15, 0.2) is 5.41 Å². The first kappa shape index (κ1) is 19.8. The lowest BCUT2D eigenvalue weighted by Gasteiger charge is -2.47. The van der Waals surface area contributed by atoms with Crippen molar-refractivity contribution >= 4 is 17.7 Å². The fourth-order valence-corrected chi connectivity index (χ4v) is 4.58. The molecule has 3 unspecified atom stereocenters. The minimum Gasteiger partial charge on any atom is -0.468 e. The number of ketones is 1. The molecule has 0 amide bonds. The normalized spacial score (nSPS) is 23.7. The number of hydrogen-bond donors (Lipinski definition) is 0. The van der Waals surface area contributed by atoms with Gasteiger partial charge in [0.05, 0.1) is 14.2 Å². The maximum absolute atomic E-state index is 13.3. The fourth-order valence-electron chi connectivity index (χ4n) is 4.58. The molecule has 0 N–H and O–H groups in total. The molecule has 5 nitrogen and oxygen atoms in total. The Kier molecular flexibility index (Phi) is 5.63. The quantitative estimate of drug-likeness (QED) is 0.600. The molecular formula is C23H24O5. The van der Waals surface area contributed by atoms with Crippen molar-refractivity contribution in [3.8, 4) is 0 Å². The van der Waals surface area contributed by atoms with Gasteiger partial charge in [-0.1, -0.05) is 67.6 Å². The summed E-state index contributed by atoms with van der Waals surface area (Å²) >= 11 is 0. The number of ether oxygens (including phenoxy) is 2. The van der Waals surface area contributed by atoms with Crippen LogP contribution in [0.3, 0.4) is 0 Å². The maximum atomic E-state index is 13.3. The molecule has 0 radical (unpaired) electrons. The van der Waals surface area contributed by atoms with Crippen LogP contribution in [-0.2, 0) is 23.9 Å². The summed E-state index contributed by atoms with van der Waals surface area (Å²) < 4.78 is 10.3. The number of carbonyl (C=O) groups excluding carboxylic acids is 3. The second-order valence-corrected chi connectivity index (χ2v) is 7.16. The first-order valence-corrected chi connectivity index (χ1v) is 9.27. The number of carbonyl (C=O) groups is 3. The number of methoxy groups -OCH3 is 2. The number of esters is 2. The Bertz CT molecular complexity index is 843. The highest BCUT2D eigenvalue weighted by Crippen LogP contribution is 2.57. The molecule has 0 bridgehead atoms. The van der Waals surface area contributed by atoms with Crippen LogP contribution in [0.25, 0.3) is 0 Å². The van der Waals surface area contributed by atoms with E-state index < -0.39 is 35.1 Å². The first-order valence-electron chi connectivity index (χ1n) is 9.27. The van der Waals surface area contributed by atoms with Gasteiger partial charge in [-0.05, 0) is 11.1 Å². The molecule has 3 rings (SSSR count). The Morgan fingerprint density at radius 1 is 0.857 bits per heavy atom. The Morgan fingerprint density at radius 2 is 1.32 bits per heavy atom. The first-order chi connectivity index (χ1) is 13.5. The Balaban J connectivity index is 2.34. The molecule has 1 aliphatic carbocycles. The van der Waals surface area contributed by atoms with Crippen LogP contribution in [0.15, 0.2) is 60.7 Å². The standard InChI is InChI=1S/C23H24O5/c1-15-19(24)14-18(16-10-6-4-7-11-16)23(21(25)27-2,22(26)28-3)20(15)17-12-8-5-9-13-17/h4-13,15,18,20H,14H2,1-3H3. The molecule has 0 heterocycles. The third kappa shape index (κ3) is 3.01. The molecule has 1 fully saturated rings. The van der Waals surface area contributed by atoms with Gasteiger partial charge in [-0.15, -0.1) is 0 Å². The SMILES string of the molecule is COC(=O)C1(C(=O)OC)C(c2ccccc2)CC(=O)C(C)C1c1ccccc1. The van der Waals surface area contributed by atoms with Crippen LogP contribution in [-0.4, -0.2) is 31.9 Å². The molecule has 146 valence electrons. The third-order valence-electron chi connectivity index (χ3n) is 5.86. The molecule has 1 aliphatic rings. The van der Waals surface area contributed by atoms with Gasteiger partial charge in [0.25, 0.3) is 0 Å². The minimum absolute atomic E-state index is 0.00568. The van der Waals surface area contributed by atoms with E-state index in [2.05, 4.69) is 0 Å². The average molecular weight is 380 g/mol. The molecule has 2 aromatic rings. The smallest absolute Gasteiger partial charge is 0.324 e. The zero-order valence-corrected chi connectivity index (χ0v) is 16.3. The summed E-state index contributed by atoms with van der Waals surface area (Å²) in [5.41, 5.74) is -0.182. The van der Waals surface area contributed by atoms with Gasteiger partial charge in [-0.3, -0.25) is 14.4 Å². The summed E-state index contributed by atoms with van der Waals surface area (Å²) in [6.07, 6.45) is 0.0682. The lowest BCUT2D eigenvalue weighted by molar-refractivity contribution is -0.177. The van der Waals surface area contributed by atoms with Crippen LogP contribution in [0.1, 0.15) is 36.3 Å². The zero-order valence-electron chi connectivity index (χ0n) is 16.3. The molecule has 2 aromatic carbocycles. The highest BCUT2D eigenvalue weighted by molar-refractivity contribution is 6.05. The van der Waals surface area contributed by atoms with Crippen molar-refractivity contribution in [3.63, 3.8) is 0 Å². The molecular weight excluding hydrogens is 356 g/mol. The summed E-state index contributed by atoms with van der Waals surface area (Å²) in [5.74, 6) is -3.27. The van der Waals surface area contributed by atoms with Gasteiger partial charge in [0.2, 0.25) is 0 Å². The van der Waals surface area contributed by atoms with Crippen molar-refractivity contribution in [3.05, 3.63) is 71.8 Å². The lowest BCUT2D eigenvalue weighted by Crippen LogP contribution is -2.56. The predicted octanol–water partition coefficient (Wildman–Crippen LogP) is 3.50. The average Bonchev–Trinajstić information content (AvgIpc) is 2.75. The minimum atomic E-state index is -1.65. The molecule has 28 heavy (non-hydrogen) atoms. The second kappa shape index (κ2) is 7.97. The van der Waals surface area contributed by atoms with Crippen molar-refractivity contribution in [2.24, 2.45) is 11.3 Å². The summed E-state index contributed by atoms with van der Waals surface area (Å²) in [4.78, 5) is 39.5. The lowest BCUT2D eigenvalue weighted by atomic mass is 9.53.